The Hall–Kier alpha value is -0.890. The highest BCUT2D eigenvalue weighted by molar-refractivity contribution is 6.05. The molecule has 0 amide bonds. The van der Waals surface area contributed by atoms with E-state index in [-0.39, 0.29) is 11.9 Å². The van der Waals surface area contributed by atoms with Crippen molar-refractivity contribution in [2.75, 3.05) is 0 Å². The van der Waals surface area contributed by atoms with Crippen molar-refractivity contribution in [1.29, 1.82) is 0 Å². The van der Waals surface area contributed by atoms with Gasteiger partial charge in [-0.15, -0.1) is 0 Å². The fourth-order valence-electron chi connectivity index (χ4n) is 0.782. The highest BCUT2D eigenvalue weighted by Crippen LogP contribution is 2.20. The van der Waals surface area contributed by atoms with Gasteiger partial charge in [0.15, 0.2) is 5.78 Å². The van der Waals surface area contributed by atoms with Crippen molar-refractivity contribution < 1.29 is 9.90 Å². The summed E-state index contributed by atoms with van der Waals surface area (Å²) in [4.78, 5) is 10.9. The number of ketones is 1. The van der Waals surface area contributed by atoms with E-state index in [0.717, 1.165) is 0 Å². The van der Waals surface area contributed by atoms with E-state index >= 15 is 0 Å². The Morgan fingerprint density at radius 2 is 1.80 bits per heavy atom. The fraction of sp³-hybridized carbons (Fsp3) is 0.250. The summed E-state index contributed by atoms with van der Waals surface area (Å²) in [7, 11) is 0. The van der Waals surface area contributed by atoms with E-state index in [4.69, 9.17) is 5.11 Å². The van der Waals surface area contributed by atoms with Gasteiger partial charge >= 0.3 is 0 Å². The van der Waals surface area contributed by atoms with Crippen LogP contribution in [0.3, 0.4) is 0 Å². The molecule has 1 aliphatic carbocycles. The minimum Gasteiger partial charge on any atom is -0.378 e. The smallest absolute Gasteiger partial charge is 0.181 e. The lowest BCUT2D eigenvalue weighted by atomic mass is 9.97. The summed E-state index contributed by atoms with van der Waals surface area (Å²) >= 11 is 0. The summed E-state index contributed by atoms with van der Waals surface area (Å²) in [5.41, 5.74) is 1.30. The van der Waals surface area contributed by atoms with Crippen LogP contribution < -0.4 is 0 Å². The van der Waals surface area contributed by atoms with E-state index in [9.17, 15) is 4.79 Å². The second kappa shape index (κ2) is 2.39. The van der Waals surface area contributed by atoms with Gasteiger partial charge in [-0.1, -0.05) is 0 Å². The quantitative estimate of drug-likeness (QED) is 0.547. The zero-order chi connectivity index (χ0) is 7.72. The molecule has 10 heavy (non-hydrogen) atoms. The molecular weight excluding hydrogens is 128 g/mol. The molecule has 0 atom stereocenters. The average molecular weight is 137 g/mol. The molecule has 2 nitrogen and oxygen atoms in total. The van der Waals surface area contributed by atoms with Gasteiger partial charge in [-0.25, -0.2) is 0 Å². The molecule has 1 aliphatic rings. The van der Waals surface area contributed by atoms with Crippen molar-refractivity contribution in [2.24, 2.45) is 0 Å². The number of aliphatic hydroxyl groups is 1. The lowest BCUT2D eigenvalue weighted by molar-refractivity contribution is -0.111. The minimum absolute atomic E-state index is 0.0182. The van der Waals surface area contributed by atoms with Gasteiger partial charge in [-0.2, -0.15) is 0 Å². The maximum Gasteiger partial charge on any atom is 0.181 e. The van der Waals surface area contributed by atoms with Crippen LogP contribution in [-0.4, -0.2) is 10.9 Å². The molecule has 0 fully saturated rings. The summed E-state index contributed by atoms with van der Waals surface area (Å²) in [6.45, 7) is 3.43. The molecule has 0 unspecified atom stereocenters. The monoisotopic (exact) mass is 137 g/mol. The zero-order valence-corrected chi connectivity index (χ0v) is 6.01. The predicted molar refractivity (Wildman–Crippen MR) is 37.7 cm³/mol. The zero-order valence-electron chi connectivity index (χ0n) is 6.01. The van der Waals surface area contributed by atoms with Gasteiger partial charge in [-0.05, 0) is 37.1 Å². The number of carbonyl (C=O) groups excluding carboxylic acids is 1. The van der Waals surface area contributed by atoms with Crippen LogP contribution in [0.2, 0.25) is 0 Å². The minimum atomic E-state index is -0.0182. The van der Waals surface area contributed by atoms with Crippen LogP contribution >= 0.6 is 0 Å². The first-order chi connectivity index (χ1) is 4.63. The predicted octanol–water partition coefficient (Wildman–Crippen LogP) is 1.37. The number of carbonyl (C=O) groups is 1. The van der Waals surface area contributed by atoms with Crippen LogP contribution in [0.5, 0.6) is 0 Å². The van der Waals surface area contributed by atoms with E-state index in [1.165, 1.54) is 12.2 Å². The van der Waals surface area contributed by atoms with E-state index in [0.29, 0.717) is 11.1 Å². The number of hydrogen-bond donors (Lipinski definition) is 1. The SMILES string of the molecule is CC1=C(C)C(=O)C=C[C]1O. The van der Waals surface area contributed by atoms with Crippen molar-refractivity contribution in [3.05, 3.63) is 29.4 Å². The highest BCUT2D eigenvalue weighted by atomic mass is 16.3. The van der Waals surface area contributed by atoms with E-state index in [1.54, 1.807) is 13.8 Å². The summed E-state index contributed by atoms with van der Waals surface area (Å²) < 4.78 is 0. The molecule has 0 aromatic carbocycles. The van der Waals surface area contributed by atoms with Crippen molar-refractivity contribution in [2.45, 2.75) is 13.8 Å². The first kappa shape index (κ1) is 7.22. The van der Waals surface area contributed by atoms with Crippen molar-refractivity contribution in [1.82, 2.24) is 0 Å². The van der Waals surface area contributed by atoms with E-state index in [1.807, 2.05) is 0 Å². The van der Waals surface area contributed by atoms with Gasteiger partial charge in [0.2, 0.25) is 0 Å². The first-order valence-corrected chi connectivity index (χ1v) is 3.09. The van der Waals surface area contributed by atoms with Crippen molar-refractivity contribution in [3.63, 3.8) is 0 Å². The van der Waals surface area contributed by atoms with Gasteiger partial charge in [0.05, 0.1) is 0 Å². The fourth-order valence-corrected chi connectivity index (χ4v) is 0.782. The average Bonchev–Trinajstić information content (AvgIpc) is 1.93. The maximum absolute atomic E-state index is 10.9. The molecule has 0 spiro atoms. The second-order valence-electron chi connectivity index (χ2n) is 2.33. The second-order valence-corrected chi connectivity index (χ2v) is 2.33. The van der Waals surface area contributed by atoms with Gasteiger partial charge in [0.1, 0.15) is 6.10 Å². The van der Waals surface area contributed by atoms with Crippen molar-refractivity contribution in [3.8, 4) is 0 Å². The largest absolute Gasteiger partial charge is 0.378 e. The number of hydrogen-bond acceptors (Lipinski definition) is 2. The summed E-state index contributed by atoms with van der Waals surface area (Å²) in [5, 5.41) is 9.09. The Morgan fingerprint density at radius 3 is 2.30 bits per heavy atom. The Kier molecular flexibility index (Phi) is 1.72. The number of allylic oxidation sites excluding steroid dienone is 2. The lowest BCUT2D eigenvalue weighted by Crippen LogP contribution is -2.08. The Balaban J connectivity index is 3.00. The standard InChI is InChI=1S/C8H9O2/c1-5-6(2)8(10)4-3-7(5)9/h3-4,9H,1-2H3. The topological polar surface area (TPSA) is 37.3 Å². The van der Waals surface area contributed by atoms with Gasteiger partial charge < -0.3 is 5.11 Å². The van der Waals surface area contributed by atoms with Crippen molar-refractivity contribution >= 4 is 5.78 Å². The third kappa shape index (κ3) is 1.02. The van der Waals surface area contributed by atoms with E-state index < -0.39 is 0 Å². The molecule has 1 rings (SSSR count). The molecule has 0 saturated heterocycles. The van der Waals surface area contributed by atoms with Crippen LogP contribution in [-0.2, 0) is 4.79 Å². The number of aliphatic hydroxyl groups excluding tert-OH is 1. The molecule has 0 aliphatic heterocycles. The normalized spacial score (nSPS) is 20.5. The van der Waals surface area contributed by atoms with Crippen LogP contribution in [0, 0.1) is 6.10 Å². The summed E-state index contributed by atoms with van der Waals surface area (Å²) in [5.74, 6) is -0.0182. The van der Waals surface area contributed by atoms with Gasteiger partial charge in [0, 0.05) is 0 Å². The molecule has 0 aromatic heterocycles. The van der Waals surface area contributed by atoms with Crippen LogP contribution in [0.25, 0.3) is 0 Å². The molecular formula is C8H9O2. The van der Waals surface area contributed by atoms with Crippen LogP contribution in [0.1, 0.15) is 13.8 Å². The third-order valence-corrected chi connectivity index (χ3v) is 1.71. The molecule has 0 saturated carbocycles. The maximum atomic E-state index is 10.9. The molecule has 1 radical (unpaired) electrons. The Bertz CT molecular complexity index is 223. The van der Waals surface area contributed by atoms with E-state index in [2.05, 4.69) is 0 Å². The molecule has 2 heteroatoms. The Labute approximate surface area is 59.9 Å². The lowest BCUT2D eigenvalue weighted by Gasteiger charge is -2.11. The summed E-state index contributed by atoms with van der Waals surface area (Å²) in [6.07, 6.45) is 2.99. The molecule has 0 aromatic rings. The van der Waals surface area contributed by atoms with Crippen LogP contribution in [0.15, 0.2) is 23.3 Å². The molecule has 1 N–H and O–H groups in total. The highest BCUT2D eigenvalue weighted by Gasteiger charge is 2.15. The molecule has 0 bridgehead atoms. The molecule has 53 valence electrons. The van der Waals surface area contributed by atoms with Gasteiger partial charge in [-0.3, -0.25) is 4.79 Å². The van der Waals surface area contributed by atoms with Gasteiger partial charge in [0.25, 0.3) is 0 Å². The third-order valence-electron chi connectivity index (χ3n) is 1.71. The van der Waals surface area contributed by atoms with Crippen LogP contribution in [0.4, 0.5) is 0 Å². The summed E-state index contributed by atoms with van der Waals surface area (Å²) in [6, 6.07) is 0. The Morgan fingerprint density at radius 1 is 1.20 bits per heavy atom. The molecule has 0 heterocycles. The first-order valence-electron chi connectivity index (χ1n) is 3.09. The number of rotatable bonds is 0.